The molecule has 3 rings (SSSR count). The minimum atomic E-state index is -0.616. The van der Waals surface area contributed by atoms with E-state index in [1.54, 1.807) is 14.2 Å². The Kier molecular flexibility index (Phi) is 7.61. The monoisotopic (exact) mass is 404 g/mol. The smallest absolute Gasteiger partial charge is 0.191 e. The lowest BCUT2D eigenvalue weighted by atomic mass is 10.0. The van der Waals surface area contributed by atoms with E-state index in [0.29, 0.717) is 12.6 Å². The first kappa shape index (κ1) is 21.7. The molecule has 1 saturated carbocycles. The Bertz CT molecular complexity index is 666. The largest absolute Gasteiger partial charge is 0.497 e. The summed E-state index contributed by atoms with van der Waals surface area (Å²) in [4.78, 5) is 7.11. The molecule has 29 heavy (non-hydrogen) atoms. The van der Waals surface area contributed by atoms with Gasteiger partial charge in [0.05, 0.1) is 26.4 Å². The molecule has 3 N–H and O–H groups in total. The summed E-state index contributed by atoms with van der Waals surface area (Å²) in [5.74, 6) is 2.45. The first-order chi connectivity index (χ1) is 14.0. The molecular formula is C22H36N4O3. The average Bonchev–Trinajstić information content (AvgIpc) is 3.35. The lowest BCUT2D eigenvalue weighted by Gasteiger charge is -2.22. The van der Waals surface area contributed by atoms with Crippen LogP contribution >= 0.6 is 0 Å². The highest BCUT2D eigenvalue weighted by molar-refractivity contribution is 5.80. The van der Waals surface area contributed by atoms with Gasteiger partial charge in [0.2, 0.25) is 0 Å². The predicted molar refractivity (Wildman–Crippen MR) is 116 cm³/mol. The van der Waals surface area contributed by atoms with Crippen LogP contribution in [-0.2, 0) is 6.54 Å². The number of likely N-dealkylation sites (tertiary alicyclic amines) is 1. The summed E-state index contributed by atoms with van der Waals surface area (Å²) in [5.41, 5.74) is 0.570. The molecule has 1 aromatic carbocycles. The fourth-order valence-corrected chi connectivity index (χ4v) is 4.24. The number of benzene rings is 1. The normalized spacial score (nSPS) is 21.9. The van der Waals surface area contributed by atoms with Crippen molar-refractivity contribution < 1.29 is 14.6 Å². The van der Waals surface area contributed by atoms with Crippen LogP contribution in [-0.4, -0.2) is 68.0 Å². The molecule has 1 atom stereocenters. The number of hydrogen-bond donors (Lipinski definition) is 3. The summed E-state index contributed by atoms with van der Waals surface area (Å²) in [5, 5.41) is 17.4. The zero-order chi connectivity index (χ0) is 20.7. The molecule has 1 aliphatic carbocycles. The van der Waals surface area contributed by atoms with Crippen molar-refractivity contribution in [2.24, 2.45) is 4.99 Å². The van der Waals surface area contributed by atoms with Crippen LogP contribution in [0.25, 0.3) is 0 Å². The summed E-state index contributed by atoms with van der Waals surface area (Å²) < 4.78 is 10.8. The van der Waals surface area contributed by atoms with Crippen LogP contribution in [0.5, 0.6) is 11.5 Å². The molecular weight excluding hydrogens is 368 g/mol. The van der Waals surface area contributed by atoms with Gasteiger partial charge in [-0.1, -0.05) is 12.8 Å². The third-order valence-corrected chi connectivity index (χ3v) is 5.84. The zero-order valence-electron chi connectivity index (χ0n) is 18.0. The van der Waals surface area contributed by atoms with Crippen LogP contribution in [0.2, 0.25) is 0 Å². The van der Waals surface area contributed by atoms with Gasteiger partial charge in [-0.2, -0.15) is 0 Å². The molecule has 1 unspecified atom stereocenters. The second-order valence-electron chi connectivity index (χ2n) is 8.21. The molecule has 1 aliphatic heterocycles. The number of hydrogen-bond acceptors (Lipinski definition) is 5. The maximum Gasteiger partial charge on any atom is 0.191 e. The van der Waals surface area contributed by atoms with E-state index < -0.39 is 5.60 Å². The van der Waals surface area contributed by atoms with Crippen LogP contribution in [0.4, 0.5) is 0 Å². The molecule has 1 aromatic rings. The zero-order valence-corrected chi connectivity index (χ0v) is 18.0. The number of guanidine groups is 1. The van der Waals surface area contributed by atoms with Crippen LogP contribution in [0.1, 0.15) is 44.6 Å². The Morgan fingerprint density at radius 3 is 2.52 bits per heavy atom. The van der Waals surface area contributed by atoms with E-state index in [1.165, 1.54) is 5.56 Å². The van der Waals surface area contributed by atoms with Crippen LogP contribution < -0.4 is 20.1 Å². The van der Waals surface area contributed by atoms with Crippen molar-refractivity contribution in [1.29, 1.82) is 0 Å². The van der Waals surface area contributed by atoms with Crippen molar-refractivity contribution in [1.82, 2.24) is 15.5 Å². The Balaban J connectivity index is 1.55. The van der Waals surface area contributed by atoms with Crippen molar-refractivity contribution >= 4 is 5.96 Å². The minimum Gasteiger partial charge on any atom is -0.497 e. The van der Waals surface area contributed by atoms with Crippen molar-refractivity contribution in [3.8, 4) is 11.5 Å². The molecule has 7 nitrogen and oxygen atoms in total. The number of methoxy groups -OCH3 is 2. The SMILES string of the molecule is CCNC(=NCC1(O)CCCC1)NC1CCN(Cc2cc(OC)cc(OC)c2)C1. The van der Waals surface area contributed by atoms with Gasteiger partial charge in [0.1, 0.15) is 11.5 Å². The van der Waals surface area contributed by atoms with Crippen LogP contribution in [0.15, 0.2) is 23.2 Å². The predicted octanol–water partition coefficient (Wildman–Crippen LogP) is 2.14. The summed E-state index contributed by atoms with van der Waals surface area (Å²) in [6.07, 6.45) is 4.98. The summed E-state index contributed by atoms with van der Waals surface area (Å²) >= 11 is 0. The minimum absolute atomic E-state index is 0.346. The Labute approximate surface area is 174 Å². The van der Waals surface area contributed by atoms with Gasteiger partial charge in [-0.25, -0.2) is 0 Å². The number of nitrogens with zero attached hydrogens (tertiary/aromatic N) is 2. The molecule has 0 radical (unpaired) electrons. The average molecular weight is 405 g/mol. The molecule has 7 heteroatoms. The molecule has 162 valence electrons. The highest BCUT2D eigenvalue weighted by Crippen LogP contribution is 2.29. The quantitative estimate of drug-likeness (QED) is 0.455. The van der Waals surface area contributed by atoms with Gasteiger partial charge in [-0.05, 0) is 43.9 Å². The van der Waals surface area contributed by atoms with Gasteiger partial charge in [0.15, 0.2) is 5.96 Å². The van der Waals surface area contributed by atoms with E-state index in [2.05, 4.69) is 39.6 Å². The fraction of sp³-hybridized carbons (Fsp3) is 0.682. The third-order valence-electron chi connectivity index (χ3n) is 5.84. The van der Waals surface area contributed by atoms with Gasteiger partial charge < -0.3 is 25.2 Å². The molecule has 2 fully saturated rings. The fourth-order valence-electron chi connectivity index (χ4n) is 4.24. The highest BCUT2D eigenvalue weighted by Gasteiger charge is 2.31. The lowest BCUT2D eigenvalue weighted by molar-refractivity contribution is 0.0574. The third kappa shape index (κ3) is 6.24. The summed E-state index contributed by atoms with van der Waals surface area (Å²) in [6, 6.07) is 6.38. The second-order valence-corrected chi connectivity index (χ2v) is 8.21. The van der Waals surface area contributed by atoms with Gasteiger partial charge in [0.25, 0.3) is 0 Å². The lowest BCUT2D eigenvalue weighted by Crippen LogP contribution is -2.45. The first-order valence-corrected chi connectivity index (χ1v) is 10.7. The molecule has 1 heterocycles. The van der Waals surface area contributed by atoms with Crippen LogP contribution in [0.3, 0.4) is 0 Å². The second kappa shape index (κ2) is 10.2. The van der Waals surface area contributed by atoms with E-state index in [1.807, 2.05) is 6.07 Å². The standard InChI is InChI=1S/C22H36N4O3/c1-4-23-21(24-16-22(27)8-5-6-9-22)25-18-7-10-26(15-18)14-17-11-19(28-2)13-20(12-17)29-3/h11-13,18,27H,4-10,14-16H2,1-3H3,(H2,23,24,25). The van der Waals surface area contributed by atoms with Crippen molar-refractivity contribution in [2.75, 3.05) is 40.4 Å². The van der Waals surface area contributed by atoms with E-state index in [-0.39, 0.29) is 0 Å². The number of aliphatic hydroxyl groups is 1. The summed E-state index contributed by atoms with van der Waals surface area (Å²) in [7, 11) is 3.36. The molecule has 0 aromatic heterocycles. The maximum atomic E-state index is 10.6. The van der Waals surface area contributed by atoms with Gasteiger partial charge in [-0.3, -0.25) is 9.89 Å². The number of nitrogens with one attached hydrogen (secondary N) is 2. The van der Waals surface area contributed by atoms with Crippen molar-refractivity contribution in [3.05, 3.63) is 23.8 Å². The van der Waals surface area contributed by atoms with E-state index >= 15 is 0 Å². The van der Waals surface area contributed by atoms with Gasteiger partial charge >= 0.3 is 0 Å². The topological polar surface area (TPSA) is 78.4 Å². The summed E-state index contributed by atoms with van der Waals surface area (Å²) in [6.45, 7) is 6.19. The van der Waals surface area contributed by atoms with E-state index in [4.69, 9.17) is 9.47 Å². The molecule has 2 aliphatic rings. The molecule has 0 amide bonds. The Hall–Kier alpha value is -1.99. The molecule has 0 bridgehead atoms. The molecule has 1 saturated heterocycles. The van der Waals surface area contributed by atoms with Crippen LogP contribution in [0, 0.1) is 0 Å². The van der Waals surface area contributed by atoms with Gasteiger partial charge in [-0.15, -0.1) is 0 Å². The van der Waals surface area contributed by atoms with E-state index in [0.717, 1.165) is 75.7 Å². The Morgan fingerprint density at radius 1 is 1.21 bits per heavy atom. The maximum absolute atomic E-state index is 10.6. The molecule has 0 spiro atoms. The van der Waals surface area contributed by atoms with Crippen molar-refractivity contribution in [3.63, 3.8) is 0 Å². The van der Waals surface area contributed by atoms with Gasteiger partial charge in [0, 0.05) is 38.3 Å². The Morgan fingerprint density at radius 2 is 1.90 bits per heavy atom. The van der Waals surface area contributed by atoms with Crippen molar-refractivity contribution in [2.45, 2.75) is 57.2 Å². The number of aliphatic imine (C=N–C) groups is 1. The number of ether oxygens (including phenoxy) is 2. The highest BCUT2D eigenvalue weighted by atomic mass is 16.5. The van der Waals surface area contributed by atoms with E-state index in [9.17, 15) is 5.11 Å². The number of rotatable bonds is 8. The first-order valence-electron chi connectivity index (χ1n) is 10.7.